The number of benzene rings is 1. The third kappa shape index (κ3) is 4.54. The summed E-state index contributed by atoms with van der Waals surface area (Å²) < 4.78 is 0. The topological polar surface area (TPSA) is 60.8 Å². The number of carbonyl (C=O) groups is 1. The van der Waals surface area contributed by atoms with E-state index in [1.54, 1.807) is 0 Å². The molecule has 0 radical (unpaired) electrons. The molecule has 1 rings (SSSR count). The Kier molecular flexibility index (Phi) is 5.66. The van der Waals surface area contributed by atoms with Gasteiger partial charge >= 0.3 is 5.97 Å². The van der Waals surface area contributed by atoms with Gasteiger partial charge in [0.2, 0.25) is 0 Å². The Labute approximate surface area is 101 Å². The molecule has 4 nitrogen and oxygen atoms in total. The van der Waals surface area contributed by atoms with Gasteiger partial charge in [-0.25, -0.2) is 0 Å². The summed E-state index contributed by atoms with van der Waals surface area (Å²) >= 11 is 0. The number of hydrogen-bond acceptors (Lipinski definition) is 3. The number of carboxylic acids is 1. The third-order valence-electron chi connectivity index (χ3n) is 2.83. The zero-order valence-corrected chi connectivity index (χ0v) is 10.0. The largest absolute Gasteiger partial charge is 0.481 e. The van der Waals surface area contributed by atoms with Gasteiger partial charge in [-0.3, -0.25) is 9.69 Å². The van der Waals surface area contributed by atoms with Crippen molar-refractivity contribution < 1.29 is 15.0 Å². The minimum absolute atomic E-state index is 0.0385. The van der Waals surface area contributed by atoms with E-state index in [9.17, 15) is 4.79 Å². The Balaban J connectivity index is 2.66. The molecule has 4 heteroatoms. The Morgan fingerprint density at radius 3 is 2.47 bits per heavy atom. The SMILES string of the molecule is CC(c1ccccc1)N(CCO)CCC(=O)O. The fourth-order valence-electron chi connectivity index (χ4n) is 1.81. The van der Waals surface area contributed by atoms with E-state index in [4.69, 9.17) is 10.2 Å². The van der Waals surface area contributed by atoms with Gasteiger partial charge in [0.1, 0.15) is 0 Å². The first-order valence-electron chi connectivity index (χ1n) is 5.76. The minimum atomic E-state index is -0.812. The highest BCUT2D eigenvalue weighted by molar-refractivity contribution is 5.66. The lowest BCUT2D eigenvalue weighted by Gasteiger charge is -2.28. The van der Waals surface area contributed by atoms with Crippen molar-refractivity contribution in [3.05, 3.63) is 35.9 Å². The first-order chi connectivity index (χ1) is 8.15. The highest BCUT2D eigenvalue weighted by atomic mass is 16.4. The number of hydrogen-bond donors (Lipinski definition) is 2. The van der Waals surface area contributed by atoms with Gasteiger partial charge < -0.3 is 10.2 Å². The zero-order chi connectivity index (χ0) is 12.7. The first kappa shape index (κ1) is 13.7. The highest BCUT2D eigenvalue weighted by Gasteiger charge is 2.15. The minimum Gasteiger partial charge on any atom is -0.481 e. The molecule has 2 N–H and O–H groups in total. The maximum atomic E-state index is 10.6. The van der Waals surface area contributed by atoms with Gasteiger partial charge in [-0.15, -0.1) is 0 Å². The second-order valence-corrected chi connectivity index (χ2v) is 3.99. The zero-order valence-electron chi connectivity index (χ0n) is 10.0. The Hall–Kier alpha value is -1.39. The molecule has 0 heterocycles. The van der Waals surface area contributed by atoms with Crippen LogP contribution >= 0.6 is 0 Å². The van der Waals surface area contributed by atoms with Crippen LogP contribution in [0.4, 0.5) is 0 Å². The molecule has 1 aromatic rings. The van der Waals surface area contributed by atoms with Crippen molar-refractivity contribution in [3.63, 3.8) is 0 Å². The van der Waals surface area contributed by atoms with E-state index in [2.05, 4.69) is 0 Å². The molecule has 0 saturated heterocycles. The molecule has 1 unspecified atom stereocenters. The molecule has 0 aliphatic carbocycles. The quantitative estimate of drug-likeness (QED) is 0.754. The van der Waals surface area contributed by atoms with Crippen LogP contribution in [0.25, 0.3) is 0 Å². The van der Waals surface area contributed by atoms with Gasteiger partial charge in [-0.2, -0.15) is 0 Å². The van der Waals surface area contributed by atoms with Crippen molar-refractivity contribution in [2.75, 3.05) is 19.7 Å². The van der Waals surface area contributed by atoms with Crippen molar-refractivity contribution in [1.29, 1.82) is 0 Å². The molecule has 1 atom stereocenters. The third-order valence-corrected chi connectivity index (χ3v) is 2.83. The van der Waals surface area contributed by atoms with Crippen molar-refractivity contribution in [1.82, 2.24) is 4.90 Å². The molecule has 17 heavy (non-hydrogen) atoms. The lowest BCUT2D eigenvalue weighted by Crippen LogP contribution is -2.32. The van der Waals surface area contributed by atoms with Crippen LogP contribution in [0.15, 0.2) is 30.3 Å². The molecular formula is C13H19NO3. The normalized spacial score (nSPS) is 12.6. The summed E-state index contributed by atoms with van der Waals surface area (Å²) in [6.45, 7) is 3.00. The van der Waals surface area contributed by atoms with Crippen LogP contribution in [-0.4, -0.2) is 40.8 Å². The van der Waals surface area contributed by atoms with Crippen LogP contribution in [-0.2, 0) is 4.79 Å². The van der Waals surface area contributed by atoms with Gasteiger partial charge in [-0.05, 0) is 12.5 Å². The van der Waals surface area contributed by atoms with E-state index in [0.717, 1.165) is 5.56 Å². The summed E-state index contributed by atoms with van der Waals surface area (Å²) in [7, 11) is 0. The fourth-order valence-corrected chi connectivity index (χ4v) is 1.81. The molecule has 94 valence electrons. The molecule has 0 spiro atoms. The smallest absolute Gasteiger partial charge is 0.304 e. The van der Waals surface area contributed by atoms with Crippen LogP contribution in [0.2, 0.25) is 0 Å². The van der Waals surface area contributed by atoms with E-state index >= 15 is 0 Å². The second kappa shape index (κ2) is 7.04. The van der Waals surface area contributed by atoms with Gasteiger partial charge in [0.25, 0.3) is 0 Å². The van der Waals surface area contributed by atoms with E-state index in [-0.39, 0.29) is 19.1 Å². The molecule has 0 saturated carbocycles. The summed E-state index contributed by atoms with van der Waals surface area (Å²) in [5.41, 5.74) is 1.13. The van der Waals surface area contributed by atoms with Gasteiger partial charge in [0.05, 0.1) is 13.0 Å². The molecule has 0 aliphatic rings. The Bertz CT molecular complexity index is 340. The molecule has 0 amide bonds. The lowest BCUT2D eigenvalue weighted by atomic mass is 10.1. The summed E-state index contributed by atoms with van der Waals surface area (Å²) in [6, 6.07) is 10.00. The first-order valence-corrected chi connectivity index (χ1v) is 5.76. The predicted octanol–water partition coefficient (Wildman–Crippen LogP) is 1.52. The average molecular weight is 237 g/mol. The Morgan fingerprint density at radius 1 is 1.29 bits per heavy atom. The van der Waals surface area contributed by atoms with Crippen molar-refractivity contribution in [2.45, 2.75) is 19.4 Å². The summed E-state index contributed by atoms with van der Waals surface area (Å²) in [5.74, 6) is -0.812. The standard InChI is InChI=1S/C13H19NO3/c1-11(12-5-3-2-4-6-12)14(9-10-15)8-7-13(16)17/h2-6,11,15H,7-10H2,1H3,(H,16,17). The van der Waals surface area contributed by atoms with Crippen LogP contribution < -0.4 is 0 Å². The average Bonchev–Trinajstić information content (AvgIpc) is 2.34. The molecule has 0 aliphatic heterocycles. The second-order valence-electron chi connectivity index (χ2n) is 3.99. The summed E-state index contributed by atoms with van der Waals surface area (Å²) in [6.07, 6.45) is 0.0944. The van der Waals surface area contributed by atoms with Crippen molar-refractivity contribution in [2.24, 2.45) is 0 Å². The van der Waals surface area contributed by atoms with E-state index < -0.39 is 5.97 Å². The number of aliphatic hydroxyl groups is 1. The van der Waals surface area contributed by atoms with Crippen molar-refractivity contribution in [3.8, 4) is 0 Å². The predicted molar refractivity (Wildman–Crippen MR) is 65.8 cm³/mol. The fraction of sp³-hybridized carbons (Fsp3) is 0.462. The van der Waals surface area contributed by atoms with Crippen LogP contribution in [0.3, 0.4) is 0 Å². The highest BCUT2D eigenvalue weighted by Crippen LogP contribution is 2.19. The molecule has 1 aromatic carbocycles. The molecular weight excluding hydrogens is 218 g/mol. The van der Waals surface area contributed by atoms with Crippen LogP contribution in [0.1, 0.15) is 24.9 Å². The van der Waals surface area contributed by atoms with E-state index in [0.29, 0.717) is 13.1 Å². The number of nitrogens with zero attached hydrogens (tertiary/aromatic N) is 1. The lowest BCUT2D eigenvalue weighted by molar-refractivity contribution is -0.137. The van der Waals surface area contributed by atoms with Crippen LogP contribution in [0, 0.1) is 0 Å². The maximum absolute atomic E-state index is 10.6. The number of carboxylic acid groups (broad SMARTS) is 1. The van der Waals surface area contributed by atoms with Gasteiger partial charge in [0, 0.05) is 19.1 Å². The van der Waals surface area contributed by atoms with Crippen molar-refractivity contribution >= 4 is 5.97 Å². The molecule has 0 bridgehead atoms. The van der Waals surface area contributed by atoms with Crippen LogP contribution in [0.5, 0.6) is 0 Å². The number of rotatable bonds is 7. The monoisotopic (exact) mass is 237 g/mol. The number of aliphatic carboxylic acids is 1. The van der Waals surface area contributed by atoms with E-state index in [1.807, 2.05) is 42.2 Å². The number of aliphatic hydroxyl groups excluding tert-OH is 1. The van der Waals surface area contributed by atoms with Gasteiger partial charge in [-0.1, -0.05) is 30.3 Å². The molecule has 0 fully saturated rings. The maximum Gasteiger partial charge on any atom is 0.304 e. The summed E-state index contributed by atoms with van der Waals surface area (Å²) in [5, 5.41) is 17.7. The summed E-state index contributed by atoms with van der Waals surface area (Å²) in [4.78, 5) is 12.6. The van der Waals surface area contributed by atoms with E-state index in [1.165, 1.54) is 0 Å². The Morgan fingerprint density at radius 2 is 1.94 bits per heavy atom. The van der Waals surface area contributed by atoms with Gasteiger partial charge in [0.15, 0.2) is 0 Å². The molecule has 0 aromatic heterocycles.